The molecular weight excluding hydrogens is 326 g/mol. The van der Waals surface area contributed by atoms with Crippen LogP contribution in [0.1, 0.15) is 24.2 Å². The van der Waals surface area contributed by atoms with Gasteiger partial charge in [0.15, 0.2) is 5.96 Å². The van der Waals surface area contributed by atoms with Gasteiger partial charge in [-0.1, -0.05) is 18.2 Å². The molecule has 1 atom stereocenters. The van der Waals surface area contributed by atoms with E-state index in [0.717, 1.165) is 30.5 Å². The molecule has 0 bridgehead atoms. The van der Waals surface area contributed by atoms with Gasteiger partial charge in [0.2, 0.25) is 0 Å². The molecule has 0 radical (unpaired) electrons. The molecule has 1 aromatic heterocycles. The summed E-state index contributed by atoms with van der Waals surface area (Å²) in [7, 11) is 5.84. The lowest BCUT2D eigenvalue weighted by Crippen LogP contribution is -2.41. The molecule has 0 spiro atoms. The lowest BCUT2D eigenvalue weighted by Gasteiger charge is -2.26. The van der Waals surface area contributed by atoms with E-state index in [1.165, 1.54) is 5.56 Å². The van der Waals surface area contributed by atoms with E-state index in [4.69, 9.17) is 4.74 Å². The fraction of sp³-hybridized carbons (Fsp3) is 0.400. The highest BCUT2D eigenvalue weighted by Crippen LogP contribution is 2.20. The second-order valence-electron chi connectivity index (χ2n) is 6.15. The van der Waals surface area contributed by atoms with Gasteiger partial charge in [0.25, 0.3) is 0 Å². The zero-order chi connectivity index (χ0) is 18.8. The largest absolute Gasteiger partial charge is 0.497 e. The summed E-state index contributed by atoms with van der Waals surface area (Å²) in [6.07, 6.45) is 1.79. The lowest BCUT2D eigenvalue weighted by atomic mass is 10.1. The van der Waals surface area contributed by atoms with Crippen LogP contribution in [0.4, 0.5) is 0 Å². The second-order valence-corrected chi connectivity index (χ2v) is 6.15. The number of ether oxygens (including phenoxy) is 1. The normalized spacial score (nSPS) is 12.7. The summed E-state index contributed by atoms with van der Waals surface area (Å²) in [5, 5.41) is 6.73. The van der Waals surface area contributed by atoms with Crippen LogP contribution in [0.25, 0.3) is 0 Å². The van der Waals surface area contributed by atoms with Crippen LogP contribution in [0.2, 0.25) is 0 Å². The molecule has 0 aliphatic rings. The highest BCUT2D eigenvalue weighted by Gasteiger charge is 2.14. The lowest BCUT2D eigenvalue weighted by molar-refractivity contribution is 0.298. The quantitative estimate of drug-likeness (QED) is 0.563. The van der Waals surface area contributed by atoms with Gasteiger partial charge in [0.1, 0.15) is 5.75 Å². The first-order valence-corrected chi connectivity index (χ1v) is 8.86. The number of hydrogen-bond acceptors (Lipinski definition) is 4. The van der Waals surface area contributed by atoms with Crippen molar-refractivity contribution in [1.82, 2.24) is 20.5 Å². The van der Waals surface area contributed by atoms with E-state index in [2.05, 4.69) is 58.7 Å². The highest BCUT2D eigenvalue weighted by molar-refractivity contribution is 5.79. The maximum atomic E-state index is 5.25. The number of nitrogens with zero attached hydrogens (tertiary/aromatic N) is 3. The Bertz CT molecular complexity index is 670. The number of aliphatic imine (C=N–C) groups is 1. The van der Waals surface area contributed by atoms with Crippen LogP contribution < -0.4 is 15.4 Å². The molecule has 6 nitrogen and oxygen atoms in total. The molecule has 26 heavy (non-hydrogen) atoms. The van der Waals surface area contributed by atoms with Crippen LogP contribution >= 0.6 is 0 Å². The maximum absolute atomic E-state index is 5.25. The SMILES string of the molecule is CCNC(=NCc1ccccn1)NCC(c1ccc(OC)cc1)N(C)C. The standard InChI is InChI=1S/C20H29N5O/c1-5-21-20(23-14-17-8-6-7-13-22-17)24-15-19(25(2)3)16-9-11-18(26-4)12-10-16/h6-13,19H,5,14-15H2,1-4H3,(H2,21,23,24). The molecule has 2 aromatic rings. The van der Waals surface area contributed by atoms with Crippen molar-refractivity contribution < 1.29 is 4.74 Å². The molecule has 0 saturated carbocycles. The Balaban J connectivity index is 2.03. The molecule has 0 aliphatic heterocycles. The van der Waals surface area contributed by atoms with Gasteiger partial charge < -0.3 is 20.3 Å². The van der Waals surface area contributed by atoms with E-state index < -0.39 is 0 Å². The van der Waals surface area contributed by atoms with Crippen LogP contribution in [0.3, 0.4) is 0 Å². The molecule has 0 saturated heterocycles. The number of pyridine rings is 1. The minimum absolute atomic E-state index is 0.222. The minimum atomic E-state index is 0.222. The molecule has 0 amide bonds. The average Bonchev–Trinajstić information content (AvgIpc) is 2.67. The second kappa shape index (κ2) is 10.4. The monoisotopic (exact) mass is 355 g/mol. The van der Waals surface area contributed by atoms with Crippen LogP contribution in [-0.2, 0) is 6.54 Å². The summed E-state index contributed by atoms with van der Waals surface area (Å²) in [5.41, 5.74) is 2.17. The van der Waals surface area contributed by atoms with Crippen molar-refractivity contribution in [2.24, 2.45) is 4.99 Å². The summed E-state index contributed by atoms with van der Waals surface area (Å²) in [4.78, 5) is 11.1. The average molecular weight is 355 g/mol. The molecule has 140 valence electrons. The molecule has 0 fully saturated rings. The van der Waals surface area contributed by atoms with E-state index in [1.54, 1.807) is 13.3 Å². The minimum Gasteiger partial charge on any atom is -0.497 e. The van der Waals surface area contributed by atoms with Crippen molar-refractivity contribution in [2.75, 3.05) is 34.3 Å². The third kappa shape index (κ3) is 6.04. The van der Waals surface area contributed by atoms with E-state index in [1.807, 2.05) is 30.3 Å². The predicted molar refractivity (Wildman–Crippen MR) is 106 cm³/mol. The molecule has 1 heterocycles. The summed E-state index contributed by atoms with van der Waals surface area (Å²) >= 11 is 0. The predicted octanol–water partition coefficient (Wildman–Crippen LogP) is 2.45. The topological polar surface area (TPSA) is 61.8 Å². The van der Waals surface area contributed by atoms with Crippen LogP contribution in [0.5, 0.6) is 5.75 Å². The Morgan fingerprint density at radius 1 is 1.15 bits per heavy atom. The van der Waals surface area contributed by atoms with Gasteiger partial charge in [0.05, 0.1) is 25.4 Å². The molecule has 0 aliphatic carbocycles. The van der Waals surface area contributed by atoms with E-state index in [-0.39, 0.29) is 6.04 Å². The Morgan fingerprint density at radius 3 is 2.50 bits per heavy atom. The number of hydrogen-bond donors (Lipinski definition) is 2. The maximum Gasteiger partial charge on any atom is 0.191 e. The molecule has 2 N–H and O–H groups in total. The van der Waals surface area contributed by atoms with Crippen molar-refractivity contribution in [3.05, 3.63) is 59.9 Å². The van der Waals surface area contributed by atoms with Gasteiger partial charge in [-0.3, -0.25) is 4.98 Å². The first-order chi connectivity index (χ1) is 12.6. The number of methoxy groups -OCH3 is 1. The smallest absolute Gasteiger partial charge is 0.191 e. The van der Waals surface area contributed by atoms with E-state index >= 15 is 0 Å². The highest BCUT2D eigenvalue weighted by atomic mass is 16.5. The first-order valence-electron chi connectivity index (χ1n) is 8.86. The fourth-order valence-corrected chi connectivity index (χ4v) is 2.61. The Hall–Kier alpha value is -2.60. The molecule has 2 rings (SSSR count). The van der Waals surface area contributed by atoms with Crippen LogP contribution in [0, 0.1) is 0 Å². The number of aromatic nitrogens is 1. The molecule has 1 aromatic carbocycles. The number of rotatable bonds is 8. The zero-order valence-electron chi connectivity index (χ0n) is 16.1. The van der Waals surface area contributed by atoms with Crippen molar-refractivity contribution in [1.29, 1.82) is 0 Å². The third-order valence-corrected chi connectivity index (χ3v) is 4.06. The van der Waals surface area contributed by atoms with Crippen molar-refractivity contribution in [3.63, 3.8) is 0 Å². The Kier molecular flexibility index (Phi) is 7.89. The van der Waals surface area contributed by atoms with Gasteiger partial charge in [-0.05, 0) is 50.8 Å². The first kappa shape index (κ1) is 19.7. The summed E-state index contributed by atoms with van der Waals surface area (Å²) in [6.45, 7) is 4.16. The summed E-state index contributed by atoms with van der Waals surface area (Å²) in [6, 6.07) is 14.3. The molecular formula is C20H29N5O. The van der Waals surface area contributed by atoms with Crippen LogP contribution in [-0.4, -0.2) is 50.1 Å². The van der Waals surface area contributed by atoms with Crippen molar-refractivity contribution in [3.8, 4) is 5.75 Å². The fourth-order valence-electron chi connectivity index (χ4n) is 2.61. The van der Waals surface area contributed by atoms with Gasteiger partial charge in [-0.15, -0.1) is 0 Å². The summed E-state index contributed by atoms with van der Waals surface area (Å²) < 4.78 is 5.25. The van der Waals surface area contributed by atoms with E-state index in [0.29, 0.717) is 6.54 Å². The molecule has 6 heteroatoms. The van der Waals surface area contributed by atoms with E-state index in [9.17, 15) is 0 Å². The van der Waals surface area contributed by atoms with Gasteiger partial charge in [-0.2, -0.15) is 0 Å². The van der Waals surface area contributed by atoms with Crippen molar-refractivity contribution in [2.45, 2.75) is 19.5 Å². The van der Waals surface area contributed by atoms with Crippen LogP contribution in [0.15, 0.2) is 53.7 Å². The number of nitrogens with one attached hydrogen (secondary N) is 2. The zero-order valence-corrected chi connectivity index (χ0v) is 16.1. The third-order valence-electron chi connectivity index (χ3n) is 4.06. The Labute approximate surface area is 156 Å². The Morgan fingerprint density at radius 2 is 1.92 bits per heavy atom. The van der Waals surface area contributed by atoms with Gasteiger partial charge in [-0.25, -0.2) is 4.99 Å². The number of likely N-dealkylation sites (N-methyl/N-ethyl adjacent to an activating group) is 1. The summed E-state index contributed by atoms with van der Waals surface area (Å²) in [5.74, 6) is 1.66. The van der Waals surface area contributed by atoms with Gasteiger partial charge >= 0.3 is 0 Å². The number of benzene rings is 1. The van der Waals surface area contributed by atoms with Gasteiger partial charge in [0, 0.05) is 19.3 Å². The number of guanidine groups is 1. The van der Waals surface area contributed by atoms with Crippen molar-refractivity contribution >= 4 is 5.96 Å². The molecule has 1 unspecified atom stereocenters.